The van der Waals surface area contributed by atoms with Crippen LogP contribution in [0.4, 0.5) is 5.69 Å². The van der Waals surface area contributed by atoms with Gasteiger partial charge in [-0.3, -0.25) is 4.79 Å². The molecular formula is C17H20ClN3OS. The first-order chi connectivity index (χ1) is 11.2. The highest BCUT2D eigenvalue weighted by molar-refractivity contribution is 7.07. The number of piperazine rings is 1. The summed E-state index contributed by atoms with van der Waals surface area (Å²) in [5.74, 6) is 0.172. The van der Waals surface area contributed by atoms with Crippen molar-refractivity contribution in [3.8, 4) is 0 Å². The van der Waals surface area contributed by atoms with E-state index in [9.17, 15) is 4.79 Å². The molecule has 1 aromatic carbocycles. The van der Waals surface area contributed by atoms with Crippen molar-refractivity contribution in [3.05, 3.63) is 51.7 Å². The molecule has 2 aromatic rings. The first kappa shape index (κ1) is 16.3. The molecule has 0 spiro atoms. The third kappa shape index (κ3) is 4.47. The van der Waals surface area contributed by atoms with E-state index in [-0.39, 0.29) is 5.91 Å². The molecule has 0 unspecified atom stereocenters. The number of anilines is 1. The second-order valence-corrected chi connectivity index (χ2v) is 6.80. The quantitative estimate of drug-likeness (QED) is 0.901. The largest absolute Gasteiger partial charge is 0.368 e. The maximum absolute atomic E-state index is 12.3. The molecule has 4 nitrogen and oxygen atoms in total. The van der Waals surface area contributed by atoms with Crippen molar-refractivity contribution in [2.24, 2.45) is 0 Å². The van der Waals surface area contributed by atoms with Crippen molar-refractivity contribution in [1.29, 1.82) is 0 Å². The van der Waals surface area contributed by atoms with Gasteiger partial charge in [-0.25, -0.2) is 0 Å². The number of rotatable bonds is 5. The Labute approximate surface area is 145 Å². The minimum Gasteiger partial charge on any atom is -0.368 e. The molecule has 0 bridgehead atoms. The number of amides is 1. The van der Waals surface area contributed by atoms with Crippen LogP contribution < -0.4 is 10.2 Å². The zero-order valence-corrected chi connectivity index (χ0v) is 14.4. The molecule has 6 heteroatoms. The number of nitrogens with one attached hydrogen (secondary N) is 1. The van der Waals surface area contributed by atoms with E-state index in [1.54, 1.807) is 11.3 Å². The van der Waals surface area contributed by atoms with Crippen LogP contribution in [-0.2, 0) is 11.3 Å². The fourth-order valence-electron chi connectivity index (χ4n) is 2.71. The van der Waals surface area contributed by atoms with Crippen LogP contribution in [0.1, 0.15) is 5.56 Å². The van der Waals surface area contributed by atoms with Crippen LogP contribution in [0, 0.1) is 0 Å². The Bertz CT molecular complexity index is 639. The number of halogens is 1. The van der Waals surface area contributed by atoms with Crippen LogP contribution >= 0.6 is 22.9 Å². The number of benzene rings is 1. The fourth-order valence-corrected chi connectivity index (χ4v) is 3.56. The standard InChI is InChI=1S/C17H20ClN3OS/c18-15-2-1-3-16(10-15)20-5-7-21(8-6-20)17(22)12-19-11-14-4-9-23-13-14/h1-4,9-10,13,19H,5-8,11-12H2. The van der Waals surface area contributed by atoms with Crippen molar-refractivity contribution in [1.82, 2.24) is 10.2 Å². The minimum atomic E-state index is 0.172. The summed E-state index contributed by atoms with van der Waals surface area (Å²) in [6.45, 7) is 4.34. The maximum Gasteiger partial charge on any atom is 0.236 e. The highest BCUT2D eigenvalue weighted by atomic mass is 35.5. The number of thiophene rings is 1. The summed E-state index contributed by atoms with van der Waals surface area (Å²) in [5, 5.41) is 8.12. The minimum absolute atomic E-state index is 0.172. The van der Waals surface area contributed by atoms with Gasteiger partial charge in [0.25, 0.3) is 0 Å². The van der Waals surface area contributed by atoms with Crippen LogP contribution in [0.3, 0.4) is 0 Å². The molecule has 0 aliphatic carbocycles. The predicted octanol–water partition coefficient (Wildman–Crippen LogP) is 2.84. The summed E-state index contributed by atoms with van der Waals surface area (Å²) in [7, 11) is 0. The van der Waals surface area contributed by atoms with Gasteiger partial charge in [0.15, 0.2) is 0 Å². The van der Waals surface area contributed by atoms with Crippen molar-refractivity contribution < 1.29 is 4.79 Å². The van der Waals surface area contributed by atoms with Crippen LogP contribution in [0.5, 0.6) is 0 Å². The van der Waals surface area contributed by atoms with Gasteiger partial charge in [0.2, 0.25) is 5.91 Å². The molecule has 2 heterocycles. The van der Waals surface area contributed by atoms with Crippen LogP contribution in [-0.4, -0.2) is 43.5 Å². The smallest absolute Gasteiger partial charge is 0.236 e. The van der Waals surface area contributed by atoms with E-state index in [1.807, 2.05) is 28.5 Å². The van der Waals surface area contributed by atoms with Gasteiger partial charge in [-0.05, 0) is 40.6 Å². The van der Waals surface area contributed by atoms with Gasteiger partial charge in [-0.1, -0.05) is 17.7 Å². The first-order valence-electron chi connectivity index (χ1n) is 7.72. The summed E-state index contributed by atoms with van der Waals surface area (Å²) in [6, 6.07) is 9.95. The van der Waals surface area contributed by atoms with Crippen LogP contribution in [0.2, 0.25) is 5.02 Å². The Kier molecular flexibility index (Phi) is 5.54. The second-order valence-electron chi connectivity index (χ2n) is 5.58. The molecule has 1 aromatic heterocycles. The van der Waals surface area contributed by atoms with Gasteiger partial charge in [-0.15, -0.1) is 0 Å². The molecule has 3 rings (SSSR count). The van der Waals surface area contributed by atoms with E-state index >= 15 is 0 Å². The number of carbonyl (C=O) groups is 1. The number of hydrogen-bond donors (Lipinski definition) is 1. The third-order valence-corrected chi connectivity index (χ3v) is 4.96. The Morgan fingerprint density at radius 2 is 2.04 bits per heavy atom. The second kappa shape index (κ2) is 7.81. The van der Waals surface area contributed by atoms with E-state index in [0.29, 0.717) is 6.54 Å². The van der Waals surface area contributed by atoms with Crippen LogP contribution in [0.15, 0.2) is 41.1 Å². The van der Waals surface area contributed by atoms with Gasteiger partial charge < -0.3 is 15.1 Å². The van der Waals surface area contributed by atoms with E-state index in [4.69, 9.17) is 11.6 Å². The van der Waals surface area contributed by atoms with E-state index < -0.39 is 0 Å². The summed E-state index contributed by atoms with van der Waals surface area (Å²) in [6.07, 6.45) is 0. The lowest BCUT2D eigenvalue weighted by atomic mass is 10.2. The molecule has 0 radical (unpaired) electrons. The van der Waals surface area contributed by atoms with Crippen molar-refractivity contribution >= 4 is 34.5 Å². The van der Waals surface area contributed by atoms with E-state index in [0.717, 1.165) is 43.4 Å². The Morgan fingerprint density at radius 1 is 1.22 bits per heavy atom. The highest BCUT2D eigenvalue weighted by Crippen LogP contribution is 2.20. The molecular weight excluding hydrogens is 330 g/mol. The van der Waals surface area contributed by atoms with Gasteiger partial charge in [-0.2, -0.15) is 11.3 Å². The summed E-state index contributed by atoms with van der Waals surface area (Å²) in [5.41, 5.74) is 2.36. The molecule has 23 heavy (non-hydrogen) atoms. The zero-order valence-electron chi connectivity index (χ0n) is 12.9. The highest BCUT2D eigenvalue weighted by Gasteiger charge is 2.20. The van der Waals surface area contributed by atoms with Gasteiger partial charge in [0.1, 0.15) is 0 Å². The molecule has 1 aliphatic heterocycles. The number of nitrogens with zero attached hydrogens (tertiary/aromatic N) is 2. The molecule has 1 N–H and O–H groups in total. The van der Waals surface area contributed by atoms with E-state index in [1.165, 1.54) is 5.56 Å². The van der Waals surface area contributed by atoms with Gasteiger partial charge in [0.05, 0.1) is 6.54 Å². The number of carbonyl (C=O) groups excluding carboxylic acids is 1. The SMILES string of the molecule is O=C(CNCc1ccsc1)N1CCN(c2cccc(Cl)c2)CC1. The first-order valence-corrected chi connectivity index (χ1v) is 9.04. The molecule has 0 atom stereocenters. The summed E-state index contributed by atoms with van der Waals surface area (Å²) >= 11 is 7.72. The predicted molar refractivity (Wildman–Crippen MR) is 96.3 cm³/mol. The topological polar surface area (TPSA) is 35.6 Å². The molecule has 1 aliphatic rings. The average Bonchev–Trinajstić information content (AvgIpc) is 3.08. The molecule has 1 amide bonds. The lowest BCUT2D eigenvalue weighted by Gasteiger charge is -2.36. The average molecular weight is 350 g/mol. The third-order valence-electron chi connectivity index (χ3n) is 3.99. The Hall–Kier alpha value is -1.56. The van der Waals surface area contributed by atoms with Crippen molar-refractivity contribution in [2.45, 2.75) is 6.54 Å². The lowest BCUT2D eigenvalue weighted by Crippen LogP contribution is -2.50. The molecule has 0 saturated carbocycles. The molecule has 1 fully saturated rings. The van der Waals surface area contributed by atoms with Gasteiger partial charge in [0, 0.05) is 43.4 Å². The van der Waals surface area contributed by atoms with Gasteiger partial charge >= 0.3 is 0 Å². The van der Waals surface area contributed by atoms with Crippen molar-refractivity contribution in [3.63, 3.8) is 0 Å². The van der Waals surface area contributed by atoms with Crippen molar-refractivity contribution in [2.75, 3.05) is 37.6 Å². The zero-order chi connectivity index (χ0) is 16.1. The van der Waals surface area contributed by atoms with Crippen LogP contribution in [0.25, 0.3) is 0 Å². The summed E-state index contributed by atoms with van der Waals surface area (Å²) < 4.78 is 0. The molecule has 122 valence electrons. The van der Waals surface area contributed by atoms with E-state index in [2.05, 4.69) is 27.7 Å². The monoisotopic (exact) mass is 349 g/mol. The fraction of sp³-hybridized carbons (Fsp3) is 0.353. The molecule has 1 saturated heterocycles. The summed E-state index contributed by atoms with van der Waals surface area (Å²) in [4.78, 5) is 16.5. The Balaban J connectivity index is 1.44. The lowest BCUT2D eigenvalue weighted by molar-refractivity contribution is -0.130. The maximum atomic E-state index is 12.3. The normalized spacial score (nSPS) is 15.0. The number of hydrogen-bond acceptors (Lipinski definition) is 4. The Morgan fingerprint density at radius 3 is 2.74 bits per heavy atom.